The van der Waals surface area contributed by atoms with E-state index in [-0.39, 0.29) is 18.4 Å². The van der Waals surface area contributed by atoms with Gasteiger partial charge in [0, 0.05) is 25.8 Å². The predicted molar refractivity (Wildman–Crippen MR) is 63.7 cm³/mol. The molecule has 0 aliphatic carbocycles. The molecule has 0 atom stereocenters. The highest BCUT2D eigenvalue weighted by atomic mass is 16.5. The number of hydrogen-bond acceptors (Lipinski definition) is 3. The fraction of sp³-hybridized carbons (Fsp3) is 0.333. The Balaban J connectivity index is 2.19. The lowest BCUT2D eigenvalue weighted by molar-refractivity contribution is -0.124. The lowest BCUT2D eigenvalue weighted by Gasteiger charge is -2.06. The quantitative estimate of drug-likeness (QED) is 0.692. The lowest BCUT2D eigenvalue weighted by atomic mass is 10.2. The van der Waals surface area contributed by atoms with Crippen molar-refractivity contribution in [3.63, 3.8) is 0 Å². The van der Waals surface area contributed by atoms with Gasteiger partial charge in [0.1, 0.15) is 6.61 Å². The van der Waals surface area contributed by atoms with Crippen LogP contribution in [0.4, 0.5) is 0 Å². The minimum Gasteiger partial charge on any atom is -0.375 e. The average molecular weight is 236 g/mol. The van der Waals surface area contributed by atoms with E-state index in [1.165, 1.54) is 7.11 Å². The van der Waals surface area contributed by atoms with Gasteiger partial charge in [-0.15, -0.1) is 0 Å². The van der Waals surface area contributed by atoms with Crippen LogP contribution in [-0.4, -0.2) is 38.6 Å². The molecular weight excluding hydrogens is 220 g/mol. The maximum absolute atomic E-state index is 11.6. The highest BCUT2D eigenvalue weighted by Gasteiger charge is 2.03. The number of ether oxygens (including phenoxy) is 1. The molecule has 5 nitrogen and oxygen atoms in total. The van der Waals surface area contributed by atoms with E-state index >= 15 is 0 Å². The van der Waals surface area contributed by atoms with Crippen LogP contribution in [0.25, 0.3) is 0 Å². The molecule has 5 heteroatoms. The number of nitrogens with one attached hydrogen (secondary N) is 2. The molecule has 0 fully saturated rings. The Morgan fingerprint density at radius 1 is 1.12 bits per heavy atom. The second kappa shape index (κ2) is 7.40. The van der Waals surface area contributed by atoms with Crippen LogP contribution in [0.3, 0.4) is 0 Å². The number of benzene rings is 1. The minimum atomic E-state index is -0.193. The zero-order valence-electron chi connectivity index (χ0n) is 9.73. The molecule has 0 saturated heterocycles. The predicted octanol–water partition coefficient (Wildman–Crippen LogP) is 0.179. The van der Waals surface area contributed by atoms with Crippen LogP contribution in [0, 0.1) is 0 Å². The van der Waals surface area contributed by atoms with Crippen LogP contribution in [0.15, 0.2) is 30.3 Å². The molecule has 0 heterocycles. The summed E-state index contributed by atoms with van der Waals surface area (Å²) in [6.45, 7) is 0.816. The minimum absolute atomic E-state index is 0.0344. The molecule has 0 saturated carbocycles. The molecule has 0 bridgehead atoms. The number of carbonyl (C=O) groups excluding carboxylic acids is 2. The zero-order chi connectivity index (χ0) is 12.5. The first kappa shape index (κ1) is 13.2. The van der Waals surface area contributed by atoms with Crippen LogP contribution in [0.2, 0.25) is 0 Å². The molecular formula is C12H16N2O3. The smallest absolute Gasteiger partial charge is 0.251 e. The summed E-state index contributed by atoms with van der Waals surface area (Å²) in [5, 5.41) is 5.31. The molecule has 1 aromatic rings. The molecule has 0 aliphatic heterocycles. The third-order valence-corrected chi connectivity index (χ3v) is 2.04. The first-order chi connectivity index (χ1) is 8.24. The van der Waals surface area contributed by atoms with Gasteiger partial charge in [0.15, 0.2) is 0 Å². The van der Waals surface area contributed by atoms with Gasteiger partial charge in [-0.2, -0.15) is 0 Å². The monoisotopic (exact) mass is 236 g/mol. The molecule has 17 heavy (non-hydrogen) atoms. The summed E-state index contributed by atoms with van der Waals surface area (Å²) in [5.74, 6) is -0.340. The van der Waals surface area contributed by atoms with Crippen LogP contribution >= 0.6 is 0 Å². The summed E-state index contributed by atoms with van der Waals surface area (Å²) < 4.78 is 4.65. The van der Waals surface area contributed by atoms with E-state index < -0.39 is 0 Å². The van der Waals surface area contributed by atoms with Crippen LogP contribution < -0.4 is 10.6 Å². The molecule has 92 valence electrons. The number of hydrogen-bond donors (Lipinski definition) is 2. The summed E-state index contributed by atoms with van der Waals surface area (Å²) >= 11 is 0. The Morgan fingerprint density at radius 3 is 2.41 bits per heavy atom. The van der Waals surface area contributed by atoms with Gasteiger partial charge in [-0.1, -0.05) is 18.2 Å². The van der Waals surface area contributed by atoms with Crippen LogP contribution in [0.1, 0.15) is 10.4 Å². The maximum Gasteiger partial charge on any atom is 0.251 e. The Hall–Kier alpha value is -1.88. The Kier molecular flexibility index (Phi) is 5.74. The normalized spacial score (nSPS) is 9.71. The highest BCUT2D eigenvalue weighted by molar-refractivity contribution is 5.94. The second-order valence-electron chi connectivity index (χ2n) is 3.40. The van der Waals surface area contributed by atoms with Crippen molar-refractivity contribution in [1.82, 2.24) is 10.6 Å². The van der Waals surface area contributed by atoms with Crippen molar-refractivity contribution in [3.8, 4) is 0 Å². The molecule has 1 aromatic carbocycles. The van der Waals surface area contributed by atoms with Crippen LogP contribution in [-0.2, 0) is 9.53 Å². The molecule has 0 unspecified atom stereocenters. The van der Waals surface area contributed by atoms with Gasteiger partial charge in [0.2, 0.25) is 5.91 Å². The summed E-state index contributed by atoms with van der Waals surface area (Å²) in [4.78, 5) is 22.6. The van der Waals surface area contributed by atoms with Crippen molar-refractivity contribution in [2.45, 2.75) is 0 Å². The topological polar surface area (TPSA) is 67.4 Å². The summed E-state index contributed by atoms with van der Waals surface area (Å²) in [7, 11) is 1.46. The third kappa shape index (κ3) is 5.12. The number of rotatable bonds is 6. The van der Waals surface area contributed by atoms with Gasteiger partial charge in [0.25, 0.3) is 5.91 Å². The van der Waals surface area contributed by atoms with Gasteiger partial charge in [-0.3, -0.25) is 9.59 Å². The average Bonchev–Trinajstić information content (AvgIpc) is 2.36. The van der Waals surface area contributed by atoms with Gasteiger partial charge < -0.3 is 15.4 Å². The summed E-state index contributed by atoms with van der Waals surface area (Å²) in [5.41, 5.74) is 0.607. The SMILES string of the molecule is COCC(=O)NCCNC(=O)c1ccccc1. The number of carbonyl (C=O) groups is 2. The first-order valence-corrected chi connectivity index (χ1v) is 5.33. The van der Waals surface area contributed by atoms with E-state index in [0.717, 1.165) is 0 Å². The first-order valence-electron chi connectivity index (χ1n) is 5.33. The fourth-order valence-electron chi connectivity index (χ4n) is 1.25. The van der Waals surface area contributed by atoms with Crippen molar-refractivity contribution < 1.29 is 14.3 Å². The van der Waals surface area contributed by atoms with Crippen molar-refractivity contribution in [2.24, 2.45) is 0 Å². The highest BCUT2D eigenvalue weighted by Crippen LogP contribution is 1.96. The lowest BCUT2D eigenvalue weighted by Crippen LogP contribution is -2.36. The molecule has 1 rings (SSSR count). The Labute approximate surface area is 100 Å². The molecule has 2 amide bonds. The van der Waals surface area contributed by atoms with Crippen molar-refractivity contribution in [3.05, 3.63) is 35.9 Å². The molecule has 0 aliphatic rings. The van der Waals surface area contributed by atoms with E-state index in [9.17, 15) is 9.59 Å². The van der Waals surface area contributed by atoms with E-state index in [0.29, 0.717) is 18.7 Å². The Morgan fingerprint density at radius 2 is 1.76 bits per heavy atom. The zero-order valence-corrected chi connectivity index (χ0v) is 9.73. The molecule has 0 radical (unpaired) electrons. The van der Waals surface area contributed by atoms with Gasteiger partial charge in [-0.05, 0) is 12.1 Å². The van der Waals surface area contributed by atoms with Gasteiger partial charge >= 0.3 is 0 Å². The molecule has 2 N–H and O–H groups in total. The van der Waals surface area contributed by atoms with Gasteiger partial charge in [0.05, 0.1) is 0 Å². The maximum atomic E-state index is 11.6. The van der Waals surface area contributed by atoms with Crippen molar-refractivity contribution in [2.75, 3.05) is 26.8 Å². The van der Waals surface area contributed by atoms with E-state index in [1.807, 2.05) is 6.07 Å². The summed E-state index contributed by atoms with van der Waals surface area (Å²) in [6.07, 6.45) is 0. The largest absolute Gasteiger partial charge is 0.375 e. The third-order valence-electron chi connectivity index (χ3n) is 2.04. The Bertz CT molecular complexity index is 365. The summed E-state index contributed by atoms with van der Waals surface area (Å²) in [6, 6.07) is 8.92. The van der Waals surface area contributed by atoms with E-state index in [4.69, 9.17) is 0 Å². The van der Waals surface area contributed by atoms with Crippen molar-refractivity contribution in [1.29, 1.82) is 0 Å². The van der Waals surface area contributed by atoms with Crippen molar-refractivity contribution >= 4 is 11.8 Å². The van der Waals surface area contributed by atoms with E-state index in [2.05, 4.69) is 15.4 Å². The molecule has 0 aromatic heterocycles. The number of amides is 2. The fourth-order valence-corrected chi connectivity index (χ4v) is 1.25. The van der Waals surface area contributed by atoms with Gasteiger partial charge in [-0.25, -0.2) is 0 Å². The van der Waals surface area contributed by atoms with Crippen LogP contribution in [0.5, 0.6) is 0 Å². The van der Waals surface area contributed by atoms with E-state index in [1.54, 1.807) is 24.3 Å². The second-order valence-corrected chi connectivity index (χ2v) is 3.40. The number of methoxy groups -OCH3 is 1. The molecule has 0 spiro atoms. The standard InChI is InChI=1S/C12H16N2O3/c1-17-9-11(15)13-7-8-14-12(16)10-5-3-2-4-6-10/h2-6H,7-9H2,1H3,(H,13,15)(H,14,16).